The molecule has 4 N–H and O–H groups in total. The van der Waals surface area contributed by atoms with E-state index in [1.54, 1.807) is 25.0 Å². The third kappa shape index (κ3) is 21.6. The number of nitrogens with two attached hydrogens (primary N) is 1. The lowest BCUT2D eigenvalue weighted by molar-refractivity contribution is 0.496. The molecule has 0 aliphatic heterocycles. The van der Waals surface area contributed by atoms with Crippen LogP contribution in [0.3, 0.4) is 0 Å². The van der Waals surface area contributed by atoms with Crippen LogP contribution in [0, 0.1) is 16.7 Å². The third-order valence-electron chi connectivity index (χ3n) is 5.98. The SMILES string of the molecule is C/C=C(\C(C)=NC)C(=NC=N)/C(=C\N)C(C)(C)C.C=C(C)/C=C\CCC.CC.CSc1cccc(C(C)NCC(C)C)c1. The molecule has 43 heavy (non-hydrogen) atoms. The van der Waals surface area contributed by atoms with Crippen molar-refractivity contribution in [3.63, 3.8) is 0 Å². The standard InChI is InChI=1S/C14H24N4.C13H21NS.C8H14.C2H6/c1-7-11(10(2)17-6)13(18-9-16)12(8-15)14(3,4)5;1-10(2)9-14-11(3)12-6-5-7-13(8-12)15-4;1-4-5-6-7-8(2)3;1-2/h7-9,16H,15H2,1-6H3;5-8,10-11,14H,9H2,1-4H3;6-7H,2,4-5H2,1,3H3;1-2H3/b11-7+,12-8+,16-9?,17-10?,18-13?;;7-6-;. The smallest absolute Gasteiger partial charge is 0.107 e. The van der Waals surface area contributed by atoms with Gasteiger partial charge in [-0.2, -0.15) is 0 Å². The highest BCUT2D eigenvalue weighted by Crippen LogP contribution is 2.28. The summed E-state index contributed by atoms with van der Waals surface area (Å²) < 4.78 is 0. The fourth-order valence-electron chi connectivity index (χ4n) is 3.56. The summed E-state index contributed by atoms with van der Waals surface area (Å²) in [6.07, 6.45) is 13.3. The normalized spacial score (nSPS) is 13.3. The van der Waals surface area contributed by atoms with Gasteiger partial charge in [0.2, 0.25) is 0 Å². The topological polar surface area (TPSA) is 86.6 Å². The maximum absolute atomic E-state index is 7.22. The van der Waals surface area contributed by atoms with Gasteiger partial charge in [0, 0.05) is 29.3 Å². The van der Waals surface area contributed by atoms with Crippen LogP contribution < -0.4 is 11.1 Å². The van der Waals surface area contributed by atoms with Crippen molar-refractivity contribution in [1.29, 1.82) is 5.41 Å². The predicted molar refractivity (Wildman–Crippen MR) is 200 cm³/mol. The van der Waals surface area contributed by atoms with Gasteiger partial charge in [-0.1, -0.05) is 104 Å². The second-order valence-corrected chi connectivity index (χ2v) is 12.2. The molecule has 0 fully saturated rings. The lowest BCUT2D eigenvalue weighted by atomic mass is 9.81. The number of allylic oxidation sites excluding steroid dienone is 6. The van der Waals surface area contributed by atoms with Gasteiger partial charge in [0.1, 0.15) is 6.34 Å². The van der Waals surface area contributed by atoms with Crippen LogP contribution in [0.1, 0.15) is 108 Å². The molecule has 1 atom stereocenters. The lowest BCUT2D eigenvalue weighted by Crippen LogP contribution is -2.24. The van der Waals surface area contributed by atoms with Crippen molar-refractivity contribution in [2.24, 2.45) is 27.1 Å². The van der Waals surface area contributed by atoms with Crippen molar-refractivity contribution in [1.82, 2.24) is 5.32 Å². The molecule has 6 heteroatoms. The molecular weight excluding hydrogens is 547 g/mol. The van der Waals surface area contributed by atoms with Gasteiger partial charge < -0.3 is 11.1 Å². The molecule has 0 heterocycles. The van der Waals surface area contributed by atoms with E-state index in [0.29, 0.717) is 17.7 Å². The van der Waals surface area contributed by atoms with Crippen LogP contribution in [-0.2, 0) is 0 Å². The summed E-state index contributed by atoms with van der Waals surface area (Å²) in [5, 5.41) is 10.8. The minimum absolute atomic E-state index is 0.140. The number of aliphatic imine (C=N–C) groups is 2. The number of nitrogens with zero attached hydrogens (tertiary/aromatic N) is 2. The zero-order valence-electron chi connectivity index (χ0n) is 30.1. The van der Waals surface area contributed by atoms with E-state index >= 15 is 0 Å². The lowest BCUT2D eigenvalue weighted by Gasteiger charge is -2.25. The molecule has 1 aromatic rings. The molecule has 1 rings (SSSR count). The zero-order chi connectivity index (χ0) is 34.0. The van der Waals surface area contributed by atoms with Gasteiger partial charge in [-0.3, -0.25) is 10.4 Å². The number of benzene rings is 1. The molecule has 0 bridgehead atoms. The summed E-state index contributed by atoms with van der Waals surface area (Å²) in [4.78, 5) is 9.69. The Morgan fingerprint density at radius 2 is 1.77 bits per heavy atom. The fraction of sp³-hybridized carbons (Fsp3) is 0.541. The van der Waals surface area contributed by atoms with Crippen molar-refractivity contribution in [2.75, 3.05) is 19.8 Å². The van der Waals surface area contributed by atoms with E-state index in [4.69, 9.17) is 11.1 Å². The molecule has 0 saturated heterocycles. The fourth-order valence-corrected chi connectivity index (χ4v) is 4.03. The molecule has 0 aromatic heterocycles. The molecule has 0 aliphatic rings. The van der Waals surface area contributed by atoms with Crippen LogP contribution >= 0.6 is 11.8 Å². The van der Waals surface area contributed by atoms with E-state index in [9.17, 15) is 0 Å². The van der Waals surface area contributed by atoms with Crippen molar-refractivity contribution in [3.8, 4) is 0 Å². The maximum atomic E-state index is 7.22. The molecule has 0 amide bonds. The first-order valence-electron chi connectivity index (χ1n) is 15.5. The van der Waals surface area contributed by atoms with Gasteiger partial charge in [-0.05, 0) is 87.7 Å². The summed E-state index contributed by atoms with van der Waals surface area (Å²) in [5.74, 6) is 0.705. The van der Waals surface area contributed by atoms with Crippen molar-refractivity contribution in [3.05, 3.63) is 77.6 Å². The monoisotopic (exact) mass is 611 g/mol. The van der Waals surface area contributed by atoms with Gasteiger partial charge in [-0.25, -0.2) is 4.99 Å². The number of thioether (sulfide) groups is 1. The Morgan fingerprint density at radius 3 is 2.16 bits per heavy atom. The van der Waals surface area contributed by atoms with Crippen molar-refractivity contribution < 1.29 is 0 Å². The van der Waals surface area contributed by atoms with E-state index in [0.717, 1.165) is 35.3 Å². The van der Waals surface area contributed by atoms with Crippen molar-refractivity contribution in [2.45, 2.75) is 107 Å². The molecule has 1 aromatic carbocycles. The average Bonchev–Trinajstić information content (AvgIpc) is 2.97. The van der Waals surface area contributed by atoms with E-state index in [1.807, 2.05) is 40.7 Å². The van der Waals surface area contributed by atoms with Crippen molar-refractivity contribution >= 4 is 29.5 Å². The summed E-state index contributed by atoms with van der Waals surface area (Å²) >= 11 is 1.80. The second kappa shape index (κ2) is 26.9. The molecule has 0 saturated carbocycles. The predicted octanol–water partition coefficient (Wildman–Crippen LogP) is 10.6. The molecule has 1 unspecified atom stereocenters. The Kier molecular flexibility index (Phi) is 28.0. The second-order valence-electron chi connectivity index (χ2n) is 11.3. The first kappa shape index (κ1) is 44.7. The number of hydrogen-bond acceptors (Lipinski definition) is 5. The van der Waals surface area contributed by atoms with Crippen LogP contribution in [0.4, 0.5) is 0 Å². The quantitative estimate of drug-likeness (QED) is 0.0951. The Balaban J connectivity index is -0.000000576. The highest BCUT2D eigenvalue weighted by Gasteiger charge is 2.24. The van der Waals surface area contributed by atoms with Crippen LogP contribution in [0.5, 0.6) is 0 Å². The summed E-state index contributed by atoms with van der Waals surface area (Å²) in [7, 11) is 1.74. The van der Waals surface area contributed by atoms with Gasteiger partial charge in [-0.15, -0.1) is 11.8 Å². The van der Waals surface area contributed by atoms with Gasteiger partial charge in [0.05, 0.1) is 5.71 Å². The molecule has 5 nitrogen and oxygen atoms in total. The minimum Gasteiger partial charge on any atom is -0.404 e. The number of unbranched alkanes of at least 4 members (excludes halogenated alkanes) is 1. The van der Waals surface area contributed by atoms with Crippen LogP contribution in [0.15, 0.2) is 86.9 Å². The number of hydrogen-bond donors (Lipinski definition) is 3. The largest absolute Gasteiger partial charge is 0.404 e. The van der Waals surface area contributed by atoms with E-state index in [-0.39, 0.29) is 5.41 Å². The Hall–Kier alpha value is -2.70. The van der Waals surface area contributed by atoms with Gasteiger partial charge in [0.15, 0.2) is 0 Å². The number of rotatable bonds is 12. The van der Waals surface area contributed by atoms with E-state index in [2.05, 4.69) is 113 Å². The Bertz CT molecular complexity index is 1050. The average molecular weight is 612 g/mol. The summed E-state index contributed by atoms with van der Waals surface area (Å²) in [6.45, 7) is 29.7. The molecule has 0 radical (unpaired) electrons. The van der Waals surface area contributed by atoms with Crippen LogP contribution in [-0.4, -0.2) is 37.6 Å². The number of nitrogens with one attached hydrogen (secondary N) is 2. The molecule has 0 aliphatic carbocycles. The van der Waals surface area contributed by atoms with Crippen LogP contribution in [0.2, 0.25) is 0 Å². The maximum Gasteiger partial charge on any atom is 0.107 e. The van der Waals surface area contributed by atoms with Gasteiger partial charge in [0.25, 0.3) is 0 Å². The zero-order valence-corrected chi connectivity index (χ0v) is 30.9. The summed E-state index contributed by atoms with van der Waals surface area (Å²) in [6, 6.07) is 9.19. The Labute approximate surface area is 270 Å². The molecule has 244 valence electrons. The summed E-state index contributed by atoms with van der Waals surface area (Å²) in [5.41, 5.74) is 11.5. The molecule has 0 spiro atoms. The Morgan fingerprint density at radius 1 is 1.16 bits per heavy atom. The highest BCUT2D eigenvalue weighted by molar-refractivity contribution is 7.98. The third-order valence-corrected chi connectivity index (χ3v) is 6.70. The van der Waals surface area contributed by atoms with E-state index < -0.39 is 0 Å². The first-order valence-corrected chi connectivity index (χ1v) is 16.7. The minimum atomic E-state index is -0.140. The first-order chi connectivity index (χ1) is 20.2. The molecular formula is C37H65N5S. The van der Waals surface area contributed by atoms with Gasteiger partial charge >= 0.3 is 0 Å². The highest BCUT2D eigenvalue weighted by atomic mass is 32.2. The van der Waals surface area contributed by atoms with E-state index in [1.165, 1.54) is 23.3 Å². The van der Waals surface area contributed by atoms with Crippen LogP contribution in [0.25, 0.3) is 0 Å².